The number of aromatic nitrogens is 2. The monoisotopic (exact) mass is 264 g/mol. The lowest BCUT2D eigenvalue weighted by Gasteiger charge is -2.31. The van der Waals surface area contributed by atoms with E-state index in [1.807, 2.05) is 6.92 Å². The number of nitrogens with one attached hydrogen (secondary N) is 1. The van der Waals surface area contributed by atoms with Crippen molar-refractivity contribution < 1.29 is 9.47 Å². The smallest absolute Gasteiger partial charge is 0.204 e. The predicted molar refractivity (Wildman–Crippen MR) is 72.9 cm³/mol. The summed E-state index contributed by atoms with van der Waals surface area (Å²) in [6.45, 7) is 4.69. The Hall–Kier alpha value is -1.56. The number of nitrogens with zero attached hydrogens (tertiary/aromatic N) is 3. The van der Waals surface area contributed by atoms with E-state index in [2.05, 4.69) is 20.2 Å². The van der Waals surface area contributed by atoms with Crippen LogP contribution >= 0.6 is 0 Å². The molecule has 104 valence electrons. The molecule has 1 saturated heterocycles. The molecule has 1 aromatic heterocycles. The zero-order valence-electron chi connectivity index (χ0n) is 11.4. The molecular weight excluding hydrogens is 244 g/mol. The average Bonchev–Trinajstić information content (AvgIpc) is 2.99. The lowest BCUT2D eigenvalue weighted by atomic mass is 10.1. The van der Waals surface area contributed by atoms with Gasteiger partial charge in [-0.3, -0.25) is 0 Å². The second-order valence-corrected chi connectivity index (χ2v) is 5.07. The lowest BCUT2D eigenvalue weighted by molar-refractivity contribution is 0.0804. The zero-order chi connectivity index (χ0) is 13.2. The van der Waals surface area contributed by atoms with Gasteiger partial charge in [-0.25, -0.2) is 9.97 Å². The van der Waals surface area contributed by atoms with Crippen molar-refractivity contribution in [3.63, 3.8) is 0 Å². The summed E-state index contributed by atoms with van der Waals surface area (Å²) in [5, 5.41) is 3.38. The van der Waals surface area contributed by atoms with Crippen LogP contribution in [0.15, 0.2) is 6.33 Å². The van der Waals surface area contributed by atoms with Crippen molar-refractivity contribution in [2.75, 3.05) is 37.0 Å². The molecule has 3 rings (SSSR count). The minimum Gasteiger partial charge on any atom is -0.484 e. The molecule has 1 aromatic rings. The molecule has 0 aliphatic carbocycles. The molecule has 2 aliphatic rings. The number of ether oxygens (including phenoxy) is 2. The van der Waals surface area contributed by atoms with Gasteiger partial charge in [-0.15, -0.1) is 0 Å². The first-order chi connectivity index (χ1) is 9.29. The van der Waals surface area contributed by atoms with Crippen molar-refractivity contribution >= 4 is 11.6 Å². The predicted octanol–water partition coefficient (Wildman–Crippen LogP) is 1.28. The Kier molecular flexibility index (Phi) is 3.42. The van der Waals surface area contributed by atoms with Crippen molar-refractivity contribution in [1.29, 1.82) is 0 Å². The van der Waals surface area contributed by atoms with Gasteiger partial charge in [0, 0.05) is 20.2 Å². The highest BCUT2D eigenvalue weighted by molar-refractivity contribution is 5.66. The van der Waals surface area contributed by atoms with Gasteiger partial charge in [0.2, 0.25) is 5.75 Å². The summed E-state index contributed by atoms with van der Waals surface area (Å²) in [5.74, 6) is 2.47. The Bertz CT molecular complexity index is 448. The van der Waals surface area contributed by atoms with Crippen LogP contribution in [0.25, 0.3) is 0 Å². The average molecular weight is 264 g/mol. The van der Waals surface area contributed by atoms with Crippen molar-refractivity contribution in [3.05, 3.63) is 6.33 Å². The van der Waals surface area contributed by atoms with E-state index >= 15 is 0 Å². The summed E-state index contributed by atoms with van der Waals surface area (Å²) >= 11 is 0. The maximum Gasteiger partial charge on any atom is 0.204 e. The molecule has 0 saturated carbocycles. The van der Waals surface area contributed by atoms with Crippen LogP contribution in [0.2, 0.25) is 0 Å². The van der Waals surface area contributed by atoms with Crippen molar-refractivity contribution in [1.82, 2.24) is 9.97 Å². The summed E-state index contributed by atoms with van der Waals surface area (Å²) in [6.07, 6.45) is 4.12. The van der Waals surface area contributed by atoms with Gasteiger partial charge in [-0.2, -0.15) is 0 Å². The van der Waals surface area contributed by atoms with E-state index in [0.717, 1.165) is 30.5 Å². The lowest BCUT2D eigenvalue weighted by Crippen LogP contribution is -2.41. The Morgan fingerprint density at radius 1 is 1.42 bits per heavy atom. The minimum atomic E-state index is 0.0818. The normalized spacial score (nSPS) is 23.5. The fraction of sp³-hybridized carbons (Fsp3) is 0.692. The summed E-state index contributed by atoms with van der Waals surface area (Å²) in [6, 6.07) is 0.124. The highest BCUT2D eigenvalue weighted by Gasteiger charge is 2.29. The molecule has 6 heteroatoms. The molecule has 0 spiro atoms. The Morgan fingerprint density at radius 2 is 2.21 bits per heavy atom. The number of anilines is 2. The molecule has 3 heterocycles. The number of fused-ring (bicyclic) bond motifs is 1. The summed E-state index contributed by atoms with van der Waals surface area (Å²) in [7, 11) is 1.71. The number of rotatable bonds is 3. The van der Waals surface area contributed by atoms with Crippen molar-refractivity contribution in [2.24, 2.45) is 0 Å². The third-order valence-corrected chi connectivity index (χ3v) is 3.86. The first-order valence-electron chi connectivity index (χ1n) is 6.81. The minimum absolute atomic E-state index is 0.0818. The van der Waals surface area contributed by atoms with E-state index in [4.69, 9.17) is 9.47 Å². The Labute approximate surface area is 113 Å². The highest BCUT2D eigenvalue weighted by Crippen LogP contribution is 2.36. The van der Waals surface area contributed by atoms with E-state index < -0.39 is 0 Å². The standard InChI is InChI=1S/C13H20N4O2/c1-9(18-2)10-7-19-11-12(16-10)14-8-15-13(11)17-5-3-4-6-17/h8-10H,3-7H2,1-2H3,(H,14,15,16)/t9-,10?/m1/s1. The molecule has 0 aromatic carbocycles. The van der Waals surface area contributed by atoms with Crippen LogP contribution < -0.4 is 15.0 Å². The molecule has 1 unspecified atom stereocenters. The van der Waals surface area contributed by atoms with Gasteiger partial charge in [0.05, 0.1) is 12.1 Å². The number of methoxy groups -OCH3 is 1. The van der Waals surface area contributed by atoms with Crippen LogP contribution in [0.4, 0.5) is 11.6 Å². The van der Waals surface area contributed by atoms with Crippen LogP contribution in [0.3, 0.4) is 0 Å². The van der Waals surface area contributed by atoms with Gasteiger partial charge in [0.25, 0.3) is 0 Å². The topological polar surface area (TPSA) is 59.5 Å². The van der Waals surface area contributed by atoms with E-state index in [9.17, 15) is 0 Å². The molecule has 1 N–H and O–H groups in total. The van der Waals surface area contributed by atoms with Gasteiger partial charge in [-0.05, 0) is 19.8 Å². The fourth-order valence-electron chi connectivity index (χ4n) is 2.56. The number of hydrogen-bond acceptors (Lipinski definition) is 6. The van der Waals surface area contributed by atoms with Gasteiger partial charge in [-0.1, -0.05) is 0 Å². The quantitative estimate of drug-likeness (QED) is 0.887. The van der Waals surface area contributed by atoms with Gasteiger partial charge in [0.1, 0.15) is 12.9 Å². The van der Waals surface area contributed by atoms with Crippen LogP contribution in [0.1, 0.15) is 19.8 Å². The maximum atomic E-state index is 5.89. The SMILES string of the molecule is CO[C@H](C)C1COc2c(ncnc2N2CCCC2)N1. The second-order valence-electron chi connectivity index (χ2n) is 5.07. The van der Waals surface area contributed by atoms with Crippen LogP contribution in [0, 0.1) is 0 Å². The molecule has 0 radical (unpaired) electrons. The molecule has 2 aliphatic heterocycles. The Balaban J connectivity index is 1.84. The first kappa shape index (κ1) is 12.5. The fourth-order valence-corrected chi connectivity index (χ4v) is 2.56. The largest absolute Gasteiger partial charge is 0.484 e. The summed E-state index contributed by atoms with van der Waals surface area (Å²) < 4.78 is 11.2. The van der Waals surface area contributed by atoms with E-state index in [1.54, 1.807) is 13.4 Å². The highest BCUT2D eigenvalue weighted by atomic mass is 16.5. The second kappa shape index (κ2) is 5.21. The molecule has 1 fully saturated rings. The third-order valence-electron chi connectivity index (χ3n) is 3.86. The molecular formula is C13H20N4O2. The molecule has 19 heavy (non-hydrogen) atoms. The Morgan fingerprint density at radius 3 is 2.95 bits per heavy atom. The third kappa shape index (κ3) is 2.32. The molecule has 0 amide bonds. The van der Waals surface area contributed by atoms with Crippen molar-refractivity contribution in [2.45, 2.75) is 31.9 Å². The first-order valence-corrected chi connectivity index (χ1v) is 6.81. The van der Waals surface area contributed by atoms with Gasteiger partial charge < -0.3 is 19.7 Å². The molecule has 0 bridgehead atoms. The van der Waals surface area contributed by atoms with E-state index in [0.29, 0.717) is 6.61 Å². The van der Waals surface area contributed by atoms with Gasteiger partial charge >= 0.3 is 0 Å². The van der Waals surface area contributed by atoms with E-state index in [1.165, 1.54) is 12.8 Å². The summed E-state index contributed by atoms with van der Waals surface area (Å²) in [5.41, 5.74) is 0. The molecule has 2 atom stereocenters. The van der Waals surface area contributed by atoms with Crippen LogP contribution in [-0.4, -0.2) is 48.9 Å². The number of hydrogen-bond donors (Lipinski definition) is 1. The summed E-state index contributed by atoms with van der Waals surface area (Å²) in [4.78, 5) is 10.9. The van der Waals surface area contributed by atoms with E-state index in [-0.39, 0.29) is 12.1 Å². The van der Waals surface area contributed by atoms with Crippen LogP contribution in [0.5, 0.6) is 5.75 Å². The van der Waals surface area contributed by atoms with Gasteiger partial charge in [0.15, 0.2) is 11.6 Å². The maximum absolute atomic E-state index is 5.89. The zero-order valence-corrected chi connectivity index (χ0v) is 11.4. The molecule has 6 nitrogen and oxygen atoms in total. The van der Waals surface area contributed by atoms with Crippen LogP contribution in [-0.2, 0) is 4.74 Å². The van der Waals surface area contributed by atoms with Crippen molar-refractivity contribution in [3.8, 4) is 5.75 Å².